The lowest BCUT2D eigenvalue weighted by atomic mass is 10.0. The molecule has 8 heteroatoms. The van der Waals surface area contributed by atoms with Gasteiger partial charge in [0.1, 0.15) is 0 Å². The summed E-state index contributed by atoms with van der Waals surface area (Å²) in [7, 11) is 0. The number of anilines is 1. The Labute approximate surface area is 175 Å². The SMILES string of the molecule is CC(F)(F)c1ccc(CCCNc2ncc(-c3ccc4cn[nH]c(=O)c4c3)s2)cc1. The summed E-state index contributed by atoms with van der Waals surface area (Å²) in [5, 5.41) is 11.7. The number of nitrogens with one attached hydrogen (secondary N) is 2. The number of aryl methyl sites for hydroxylation is 1. The van der Waals surface area contributed by atoms with E-state index in [1.54, 1.807) is 24.5 Å². The average molecular weight is 426 g/mol. The van der Waals surface area contributed by atoms with Crippen LogP contribution in [0.2, 0.25) is 0 Å². The molecular formula is C22H20F2N4OS. The van der Waals surface area contributed by atoms with Crippen LogP contribution >= 0.6 is 11.3 Å². The topological polar surface area (TPSA) is 70.7 Å². The predicted octanol–water partition coefficient (Wildman–Crippen LogP) is 5.20. The molecule has 2 N–H and O–H groups in total. The fourth-order valence-electron chi connectivity index (χ4n) is 3.18. The van der Waals surface area contributed by atoms with Crippen LogP contribution in [0.4, 0.5) is 13.9 Å². The number of hydrogen-bond acceptors (Lipinski definition) is 5. The summed E-state index contributed by atoms with van der Waals surface area (Å²) in [5.74, 6) is -2.81. The van der Waals surface area contributed by atoms with E-state index in [2.05, 4.69) is 20.5 Å². The quantitative estimate of drug-likeness (QED) is 0.398. The van der Waals surface area contributed by atoms with Gasteiger partial charge in [-0.05, 0) is 30.0 Å². The highest BCUT2D eigenvalue weighted by atomic mass is 32.1. The molecule has 0 amide bonds. The highest BCUT2D eigenvalue weighted by molar-refractivity contribution is 7.18. The molecule has 0 saturated carbocycles. The first-order valence-corrected chi connectivity index (χ1v) is 10.4. The Kier molecular flexibility index (Phi) is 5.59. The van der Waals surface area contributed by atoms with Crippen LogP contribution in [0, 0.1) is 0 Å². The molecule has 4 aromatic rings. The number of rotatable bonds is 7. The van der Waals surface area contributed by atoms with Crippen LogP contribution in [-0.4, -0.2) is 21.7 Å². The second-order valence-electron chi connectivity index (χ2n) is 7.15. The normalized spacial score (nSPS) is 11.7. The average Bonchev–Trinajstić information content (AvgIpc) is 3.20. The molecule has 0 saturated heterocycles. The van der Waals surface area contributed by atoms with Crippen LogP contribution in [0.3, 0.4) is 0 Å². The minimum absolute atomic E-state index is 0.0339. The molecule has 0 fully saturated rings. The fourth-order valence-corrected chi connectivity index (χ4v) is 4.02. The lowest BCUT2D eigenvalue weighted by Gasteiger charge is -2.11. The molecule has 0 unspecified atom stereocenters. The number of halogens is 2. The van der Waals surface area contributed by atoms with E-state index in [4.69, 9.17) is 0 Å². The van der Waals surface area contributed by atoms with Crippen molar-refractivity contribution in [1.82, 2.24) is 15.2 Å². The van der Waals surface area contributed by atoms with Crippen LogP contribution < -0.4 is 10.9 Å². The van der Waals surface area contributed by atoms with Gasteiger partial charge in [0.15, 0.2) is 5.13 Å². The summed E-state index contributed by atoms with van der Waals surface area (Å²) >= 11 is 1.52. The highest BCUT2D eigenvalue weighted by Crippen LogP contribution is 2.30. The summed E-state index contributed by atoms with van der Waals surface area (Å²) in [5.41, 5.74) is 1.78. The Balaban J connectivity index is 1.34. The molecule has 0 radical (unpaired) electrons. The molecule has 2 aromatic carbocycles. The number of nitrogens with zero attached hydrogens (tertiary/aromatic N) is 2. The van der Waals surface area contributed by atoms with Gasteiger partial charge in [0.05, 0.1) is 16.5 Å². The zero-order valence-electron chi connectivity index (χ0n) is 16.3. The van der Waals surface area contributed by atoms with Crippen LogP contribution in [0.25, 0.3) is 21.2 Å². The summed E-state index contributed by atoms with van der Waals surface area (Å²) in [6.45, 7) is 1.63. The number of aromatic amines is 1. The van der Waals surface area contributed by atoms with E-state index in [1.807, 2.05) is 18.2 Å². The second kappa shape index (κ2) is 8.31. The van der Waals surface area contributed by atoms with Gasteiger partial charge < -0.3 is 5.32 Å². The number of benzene rings is 2. The van der Waals surface area contributed by atoms with Crippen LogP contribution in [0.1, 0.15) is 24.5 Å². The molecule has 0 aliphatic carbocycles. The third kappa shape index (κ3) is 4.54. The van der Waals surface area contributed by atoms with Gasteiger partial charge in [-0.3, -0.25) is 4.79 Å². The highest BCUT2D eigenvalue weighted by Gasteiger charge is 2.23. The maximum Gasteiger partial charge on any atom is 0.272 e. The molecule has 2 heterocycles. The van der Waals surface area contributed by atoms with Crippen molar-refractivity contribution in [3.8, 4) is 10.4 Å². The fraction of sp³-hybridized carbons (Fsp3) is 0.227. The van der Waals surface area contributed by atoms with Crippen molar-refractivity contribution in [2.45, 2.75) is 25.7 Å². The molecule has 4 rings (SSSR count). The Morgan fingerprint density at radius 3 is 2.70 bits per heavy atom. The number of alkyl halides is 2. The van der Waals surface area contributed by atoms with Crippen molar-refractivity contribution >= 4 is 27.2 Å². The summed E-state index contributed by atoms with van der Waals surface area (Å²) in [6, 6.07) is 12.2. The van der Waals surface area contributed by atoms with Crippen molar-refractivity contribution in [2.24, 2.45) is 0 Å². The van der Waals surface area contributed by atoms with Gasteiger partial charge in [0, 0.05) is 30.6 Å². The molecule has 0 bridgehead atoms. The number of thiazole rings is 1. The maximum atomic E-state index is 13.3. The van der Waals surface area contributed by atoms with Crippen molar-refractivity contribution in [3.63, 3.8) is 0 Å². The van der Waals surface area contributed by atoms with Gasteiger partial charge in [0.25, 0.3) is 11.5 Å². The third-order valence-corrected chi connectivity index (χ3v) is 5.84. The molecule has 0 spiro atoms. The van der Waals surface area contributed by atoms with Crippen molar-refractivity contribution < 1.29 is 8.78 Å². The number of hydrogen-bond donors (Lipinski definition) is 2. The van der Waals surface area contributed by atoms with Crippen LogP contribution in [-0.2, 0) is 12.3 Å². The number of fused-ring (bicyclic) bond motifs is 1. The van der Waals surface area contributed by atoms with Gasteiger partial charge in [-0.2, -0.15) is 5.10 Å². The van der Waals surface area contributed by atoms with Gasteiger partial charge in [-0.25, -0.2) is 18.9 Å². The van der Waals surface area contributed by atoms with Crippen molar-refractivity contribution in [3.05, 3.63) is 76.3 Å². The van der Waals surface area contributed by atoms with Gasteiger partial charge in [-0.1, -0.05) is 47.7 Å². The van der Waals surface area contributed by atoms with E-state index >= 15 is 0 Å². The first kappa shape index (κ1) is 20.2. The van der Waals surface area contributed by atoms with E-state index in [0.717, 1.165) is 52.8 Å². The first-order chi connectivity index (χ1) is 14.4. The second-order valence-corrected chi connectivity index (χ2v) is 8.18. The Hall–Kier alpha value is -3.13. The molecule has 0 atom stereocenters. The molecule has 0 aliphatic heterocycles. The first-order valence-electron chi connectivity index (χ1n) is 9.55. The minimum atomic E-state index is -2.81. The third-order valence-electron chi connectivity index (χ3n) is 4.84. The van der Waals surface area contributed by atoms with Crippen LogP contribution in [0.5, 0.6) is 0 Å². The monoisotopic (exact) mass is 426 g/mol. The zero-order valence-corrected chi connectivity index (χ0v) is 17.1. The largest absolute Gasteiger partial charge is 0.361 e. The lowest BCUT2D eigenvalue weighted by molar-refractivity contribution is 0.0174. The summed E-state index contributed by atoms with van der Waals surface area (Å²) in [6.07, 6.45) is 5.06. The van der Waals surface area contributed by atoms with Gasteiger partial charge in [0.2, 0.25) is 0 Å². The molecule has 2 aromatic heterocycles. The van der Waals surface area contributed by atoms with E-state index in [1.165, 1.54) is 23.5 Å². The number of aromatic nitrogens is 3. The smallest absolute Gasteiger partial charge is 0.272 e. The zero-order chi connectivity index (χ0) is 21.1. The Morgan fingerprint density at radius 2 is 1.93 bits per heavy atom. The Morgan fingerprint density at radius 1 is 1.13 bits per heavy atom. The van der Waals surface area contributed by atoms with Crippen molar-refractivity contribution in [1.29, 1.82) is 0 Å². The minimum Gasteiger partial charge on any atom is -0.361 e. The van der Waals surface area contributed by atoms with Gasteiger partial charge in [-0.15, -0.1) is 0 Å². The molecule has 30 heavy (non-hydrogen) atoms. The lowest BCUT2D eigenvalue weighted by Crippen LogP contribution is -2.07. The predicted molar refractivity (Wildman–Crippen MR) is 116 cm³/mol. The summed E-state index contributed by atoms with van der Waals surface area (Å²) in [4.78, 5) is 17.3. The standard InChI is InChI=1S/C22H20F2N4OS/c1-22(23,24)17-8-4-14(5-9-17)3-2-10-25-21-26-13-19(30-21)15-6-7-16-12-27-28-20(29)18(16)11-15/h4-9,11-13H,2-3,10H2,1H3,(H,25,26)(H,28,29). The number of H-pyrrole nitrogens is 1. The molecular weight excluding hydrogens is 406 g/mol. The van der Waals surface area contributed by atoms with Crippen molar-refractivity contribution in [2.75, 3.05) is 11.9 Å². The van der Waals surface area contributed by atoms with Gasteiger partial charge >= 0.3 is 0 Å². The maximum absolute atomic E-state index is 13.3. The summed E-state index contributed by atoms with van der Waals surface area (Å²) < 4.78 is 26.5. The molecule has 0 aliphatic rings. The van der Waals surface area contributed by atoms with E-state index < -0.39 is 5.92 Å². The molecule has 154 valence electrons. The van der Waals surface area contributed by atoms with E-state index in [0.29, 0.717) is 5.39 Å². The van der Waals surface area contributed by atoms with Crippen LogP contribution in [0.15, 0.2) is 59.7 Å². The van der Waals surface area contributed by atoms with E-state index in [-0.39, 0.29) is 11.1 Å². The Bertz CT molecular complexity index is 1210. The van der Waals surface area contributed by atoms with E-state index in [9.17, 15) is 13.6 Å². The molecule has 5 nitrogen and oxygen atoms in total.